The van der Waals surface area contributed by atoms with Gasteiger partial charge >= 0.3 is 0 Å². The summed E-state index contributed by atoms with van der Waals surface area (Å²) >= 11 is 0. The van der Waals surface area contributed by atoms with Gasteiger partial charge in [0.05, 0.1) is 12.1 Å². The molecule has 10 nitrogen and oxygen atoms in total. The van der Waals surface area contributed by atoms with E-state index in [2.05, 4.69) is 10.7 Å². The third-order valence-corrected chi connectivity index (χ3v) is 10.5. The first-order valence-electron chi connectivity index (χ1n) is 18.3. The zero-order valence-electron chi connectivity index (χ0n) is 28.9. The first-order chi connectivity index (χ1) is 22.4. The fourth-order valence-electron chi connectivity index (χ4n) is 8.03. The van der Waals surface area contributed by atoms with E-state index in [1.165, 1.54) is 6.42 Å². The minimum atomic E-state index is -1.29. The number of nitrogens with two attached hydrogens (primary N) is 1. The molecule has 0 aromatic carbocycles. The molecule has 0 heterocycles. The van der Waals surface area contributed by atoms with Crippen LogP contribution in [0.5, 0.6) is 0 Å². The van der Waals surface area contributed by atoms with Crippen LogP contribution in [0, 0.1) is 29.6 Å². The number of hydrogen-bond acceptors (Lipinski definition) is 6. The van der Waals surface area contributed by atoms with Gasteiger partial charge < -0.3 is 21.1 Å². The molecule has 0 radical (unpaired) electrons. The normalized spacial score (nSPS) is 28.3. The van der Waals surface area contributed by atoms with Crippen molar-refractivity contribution in [3.05, 3.63) is 0 Å². The number of carbonyl (C=O) groups excluding carboxylic acids is 4. The monoisotopic (exact) mass is 669 g/mol. The lowest BCUT2D eigenvalue weighted by atomic mass is 9.73. The molecule has 3 aliphatic carbocycles. The number of nitrogens with one attached hydrogen (secondary N) is 2. The second-order valence-electron chi connectivity index (χ2n) is 14.5. The van der Waals surface area contributed by atoms with E-state index in [4.69, 9.17) is 5.73 Å². The molecule has 0 spiro atoms. The molecule has 3 saturated carbocycles. The van der Waals surface area contributed by atoms with Crippen molar-refractivity contribution < 1.29 is 33.1 Å². The zero-order valence-corrected chi connectivity index (χ0v) is 28.9. The molecule has 0 bridgehead atoms. The number of hydrazine groups is 1. The lowest BCUT2D eigenvalue weighted by Crippen LogP contribution is -2.55. The number of aliphatic hydroxyl groups excluding tert-OH is 1. The first kappa shape index (κ1) is 39.1. The van der Waals surface area contributed by atoms with E-state index in [9.17, 15) is 33.1 Å². The topological polar surface area (TPSA) is 145 Å². The zero-order chi connectivity index (χ0) is 34.5. The van der Waals surface area contributed by atoms with E-state index < -0.39 is 54.1 Å². The predicted molar refractivity (Wildman–Crippen MR) is 177 cm³/mol. The highest BCUT2D eigenvalue weighted by Crippen LogP contribution is 2.36. The smallest absolute Gasteiger partial charge is 0.234 e. The number of hydrogen-bond donors (Lipinski definition) is 4. The Balaban J connectivity index is 1.74. The maximum Gasteiger partial charge on any atom is 0.234 e. The summed E-state index contributed by atoms with van der Waals surface area (Å²) in [6.07, 6.45) is 4.81. The second-order valence-corrected chi connectivity index (χ2v) is 14.5. The van der Waals surface area contributed by atoms with Crippen molar-refractivity contribution >= 4 is 23.6 Å². The Morgan fingerprint density at radius 1 is 0.830 bits per heavy atom. The summed E-state index contributed by atoms with van der Waals surface area (Å²) in [5.74, 6) is -3.08. The van der Waals surface area contributed by atoms with Gasteiger partial charge in [-0.2, -0.15) is 0 Å². The van der Waals surface area contributed by atoms with Gasteiger partial charge in [0.25, 0.3) is 0 Å². The van der Waals surface area contributed by atoms with Crippen molar-refractivity contribution in [2.75, 3.05) is 26.2 Å². The summed E-state index contributed by atoms with van der Waals surface area (Å²) in [7, 11) is 0. The maximum atomic E-state index is 14.4. The quantitative estimate of drug-likeness (QED) is 0.171. The van der Waals surface area contributed by atoms with Crippen molar-refractivity contribution in [3.8, 4) is 0 Å². The number of likely N-dealkylation sites (N-methyl/N-ethyl adjacent to an activating group) is 1. The van der Waals surface area contributed by atoms with Crippen molar-refractivity contribution in [1.82, 2.24) is 20.7 Å². The summed E-state index contributed by atoms with van der Waals surface area (Å²) < 4.78 is 28.8. The molecule has 3 aliphatic rings. The number of carbonyl (C=O) groups is 4. The highest BCUT2D eigenvalue weighted by molar-refractivity contribution is 5.85. The van der Waals surface area contributed by atoms with Crippen LogP contribution in [-0.2, 0) is 19.2 Å². The minimum Gasteiger partial charge on any atom is -0.390 e. The SMILES string of the molecule is CCCN(CCC)C(=O)C1CC(C(N)=O)CC(C(=O)NC(CC2CC(F)CC(F)C2)C(O)CN(CC)NC(=O)CC2CCCCC2)C1. The van der Waals surface area contributed by atoms with Gasteiger partial charge in [-0.3, -0.25) is 24.6 Å². The van der Waals surface area contributed by atoms with E-state index in [0.29, 0.717) is 32.0 Å². The third kappa shape index (κ3) is 12.6. The largest absolute Gasteiger partial charge is 0.390 e. The van der Waals surface area contributed by atoms with Gasteiger partial charge in [0.15, 0.2) is 0 Å². The lowest BCUT2D eigenvalue weighted by molar-refractivity contribution is -0.141. The number of amides is 4. The van der Waals surface area contributed by atoms with E-state index in [1.54, 1.807) is 9.91 Å². The van der Waals surface area contributed by atoms with Crippen LogP contribution in [0.2, 0.25) is 0 Å². The van der Waals surface area contributed by atoms with Crippen molar-refractivity contribution in [3.63, 3.8) is 0 Å². The lowest BCUT2D eigenvalue weighted by Gasteiger charge is -2.37. The standard InChI is InChI=1S/C35H61F2N5O5/c1-4-12-41(13-5-2)35(47)27-19-25(33(38)45)18-26(20-27)34(46)39-30(16-24-14-28(36)21-29(37)15-24)31(43)22-42(6-3)40-32(44)17-23-10-8-7-9-11-23/h23-31,43H,4-22H2,1-3H3,(H2,38,45)(H,39,46)(H,40,44). The maximum absolute atomic E-state index is 14.4. The second kappa shape index (κ2) is 19.6. The molecular weight excluding hydrogens is 608 g/mol. The van der Waals surface area contributed by atoms with Crippen LogP contribution in [0.25, 0.3) is 0 Å². The van der Waals surface area contributed by atoms with Gasteiger partial charge in [-0.05, 0) is 76.0 Å². The van der Waals surface area contributed by atoms with Gasteiger partial charge in [-0.25, -0.2) is 13.8 Å². The molecule has 4 amide bonds. The van der Waals surface area contributed by atoms with Gasteiger partial charge in [-0.15, -0.1) is 0 Å². The molecule has 3 fully saturated rings. The molecule has 12 heteroatoms. The Labute approximate surface area is 280 Å². The Hall–Kier alpha value is -2.34. The average molecular weight is 670 g/mol. The number of rotatable bonds is 17. The number of nitrogens with zero attached hydrogens (tertiary/aromatic N) is 2. The molecule has 270 valence electrons. The Morgan fingerprint density at radius 3 is 2.00 bits per heavy atom. The highest BCUT2D eigenvalue weighted by atomic mass is 19.1. The van der Waals surface area contributed by atoms with E-state index in [-0.39, 0.29) is 69.2 Å². The first-order valence-corrected chi connectivity index (χ1v) is 18.3. The molecule has 0 aromatic heterocycles. The molecule has 5 N–H and O–H groups in total. The minimum absolute atomic E-state index is 0.0152. The fourth-order valence-corrected chi connectivity index (χ4v) is 8.03. The average Bonchev–Trinajstić information content (AvgIpc) is 3.03. The molecule has 0 saturated heterocycles. The number of alkyl halides is 2. The highest BCUT2D eigenvalue weighted by Gasteiger charge is 2.41. The van der Waals surface area contributed by atoms with Crippen LogP contribution < -0.4 is 16.5 Å². The van der Waals surface area contributed by atoms with E-state index >= 15 is 0 Å². The van der Waals surface area contributed by atoms with Crippen molar-refractivity contribution in [2.24, 2.45) is 35.3 Å². The van der Waals surface area contributed by atoms with Crippen LogP contribution in [-0.4, -0.2) is 89.3 Å². The summed E-state index contributed by atoms with van der Waals surface area (Å²) in [6, 6.07) is -0.853. The Kier molecular flexibility index (Phi) is 16.3. The van der Waals surface area contributed by atoms with Crippen LogP contribution in [0.1, 0.15) is 117 Å². The van der Waals surface area contributed by atoms with Crippen LogP contribution >= 0.6 is 0 Å². The summed E-state index contributed by atoms with van der Waals surface area (Å²) in [6.45, 7) is 7.45. The van der Waals surface area contributed by atoms with Crippen molar-refractivity contribution in [2.45, 2.75) is 142 Å². The van der Waals surface area contributed by atoms with Gasteiger partial charge in [-0.1, -0.05) is 40.0 Å². The Bertz CT molecular complexity index is 999. The fraction of sp³-hybridized carbons (Fsp3) is 0.886. The predicted octanol–water partition coefficient (Wildman–Crippen LogP) is 4.19. The molecule has 7 atom stereocenters. The Morgan fingerprint density at radius 2 is 1.43 bits per heavy atom. The van der Waals surface area contributed by atoms with E-state index in [0.717, 1.165) is 38.5 Å². The summed E-state index contributed by atoms with van der Waals surface area (Å²) in [4.78, 5) is 54.4. The van der Waals surface area contributed by atoms with Gasteiger partial charge in [0, 0.05) is 56.8 Å². The van der Waals surface area contributed by atoms with Gasteiger partial charge in [0.1, 0.15) is 12.3 Å². The van der Waals surface area contributed by atoms with Gasteiger partial charge in [0.2, 0.25) is 23.6 Å². The van der Waals surface area contributed by atoms with E-state index in [1.807, 2.05) is 20.8 Å². The van der Waals surface area contributed by atoms with Crippen LogP contribution in [0.15, 0.2) is 0 Å². The molecule has 0 aromatic rings. The number of primary amides is 1. The number of halogens is 2. The molecule has 0 aliphatic heterocycles. The van der Waals surface area contributed by atoms with Crippen molar-refractivity contribution in [1.29, 1.82) is 0 Å². The summed E-state index contributed by atoms with van der Waals surface area (Å²) in [5, 5.41) is 16.1. The molecular formula is C35H61F2N5O5. The third-order valence-electron chi connectivity index (χ3n) is 10.5. The molecule has 7 unspecified atom stereocenters. The van der Waals surface area contributed by atoms with Crippen LogP contribution in [0.3, 0.4) is 0 Å². The summed E-state index contributed by atoms with van der Waals surface area (Å²) in [5.41, 5.74) is 8.62. The molecule has 3 rings (SSSR count). The number of aliphatic hydroxyl groups is 1. The van der Waals surface area contributed by atoms with Crippen LogP contribution in [0.4, 0.5) is 8.78 Å². The molecule has 47 heavy (non-hydrogen) atoms.